The number of rotatable bonds is 2. The predicted molar refractivity (Wildman–Crippen MR) is 70.3 cm³/mol. The molecule has 1 aromatic carbocycles. The number of carbonyl (C=O) groups is 2. The van der Waals surface area contributed by atoms with Gasteiger partial charge in [0.1, 0.15) is 0 Å². The van der Waals surface area contributed by atoms with Gasteiger partial charge in [0.15, 0.2) is 0 Å². The van der Waals surface area contributed by atoms with Crippen LogP contribution in [0.3, 0.4) is 0 Å². The highest BCUT2D eigenvalue weighted by molar-refractivity contribution is 8.00. The van der Waals surface area contributed by atoms with E-state index in [1.165, 1.54) is 11.8 Å². The van der Waals surface area contributed by atoms with Crippen LogP contribution in [-0.2, 0) is 9.59 Å². The van der Waals surface area contributed by atoms with E-state index in [0.717, 1.165) is 10.5 Å². The van der Waals surface area contributed by atoms with Crippen molar-refractivity contribution >= 4 is 23.7 Å². The smallest absolute Gasteiger partial charge is 0.311 e. The van der Waals surface area contributed by atoms with Gasteiger partial charge in [-0.2, -0.15) is 0 Å². The summed E-state index contributed by atoms with van der Waals surface area (Å²) in [5, 5.41) is 18.9. The van der Waals surface area contributed by atoms with Gasteiger partial charge in [-0.15, -0.1) is 11.8 Å². The molecule has 4 nitrogen and oxygen atoms in total. The summed E-state index contributed by atoms with van der Waals surface area (Å²) in [5.74, 6) is -2.29. The Morgan fingerprint density at radius 3 is 2.26 bits per heavy atom. The predicted octanol–water partition coefficient (Wildman–Crippen LogP) is 2.44. The molecule has 19 heavy (non-hydrogen) atoms. The highest BCUT2D eigenvalue weighted by atomic mass is 32.2. The van der Waals surface area contributed by atoms with Crippen LogP contribution in [0.15, 0.2) is 29.2 Å². The third kappa shape index (κ3) is 1.17. The van der Waals surface area contributed by atoms with Gasteiger partial charge in [0, 0.05) is 16.1 Å². The molecule has 100 valence electrons. The number of hydrogen-bond acceptors (Lipinski definition) is 3. The Bertz CT molecular complexity index is 599. The summed E-state index contributed by atoms with van der Waals surface area (Å²) in [5.41, 5.74) is -1.53. The Hall–Kier alpha value is -1.49. The van der Waals surface area contributed by atoms with Crippen molar-refractivity contribution in [2.24, 2.45) is 10.8 Å². The molecule has 2 aliphatic rings. The van der Waals surface area contributed by atoms with Crippen molar-refractivity contribution in [1.29, 1.82) is 0 Å². The lowest BCUT2D eigenvalue weighted by atomic mass is 9.43. The molecular weight excluding hydrogens is 264 g/mol. The maximum absolute atomic E-state index is 11.7. The van der Waals surface area contributed by atoms with Crippen LogP contribution in [-0.4, -0.2) is 27.4 Å². The van der Waals surface area contributed by atoms with Gasteiger partial charge in [0.2, 0.25) is 0 Å². The SMILES string of the molecule is CC1(C(=O)O)C2Sc3ccccc3C2C1(C)C(=O)O. The van der Waals surface area contributed by atoms with Crippen molar-refractivity contribution < 1.29 is 19.8 Å². The molecule has 0 bridgehead atoms. The fourth-order valence-electron chi connectivity index (χ4n) is 3.50. The van der Waals surface area contributed by atoms with Gasteiger partial charge < -0.3 is 10.2 Å². The lowest BCUT2D eigenvalue weighted by molar-refractivity contribution is -0.189. The molecule has 1 fully saturated rings. The number of fused-ring (bicyclic) bond motifs is 3. The van der Waals surface area contributed by atoms with Crippen LogP contribution in [0.2, 0.25) is 0 Å². The number of thioether (sulfide) groups is 1. The van der Waals surface area contributed by atoms with Crippen LogP contribution >= 0.6 is 11.8 Å². The molecule has 1 heterocycles. The zero-order chi connectivity index (χ0) is 14.0. The molecule has 0 radical (unpaired) electrons. The van der Waals surface area contributed by atoms with Gasteiger partial charge >= 0.3 is 11.9 Å². The fourth-order valence-corrected chi connectivity index (χ4v) is 5.40. The van der Waals surface area contributed by atoms with Gasteiger partial charge in [-0.1, -0.05) is 18.2 Å². The van der Waals surface area contributed by atoms with Crippen molar-refractivity contribution in [3.05, 3.63) is 29.8 Å². The van der Waals surface area contributed by atoms with E-state index in [1.54, 1.807) is 13.8 Å². The third-order valence-corrected chi connectivity index (χ3v) is 6.59. The van der Waals surface area contributed by atoms with Gasteiger partial charge in [-0.25, -0.2) is 0 Å². The summed E-state index contributed by atoms with van der Waals surface area (Å²) < 4.78 is 0. The molecule has 3 rings (SSSR count). The van der Waals surface area contributed by atoms with Crippen molar-refractivity contribution in [3.8, 4) is 0 Å². The van der Waals surface area contributed by atoms with Gasteiger partial charge in [-0.05, 0) is 25.5 Å². The van der Waals surface area contributed by atoms with Crippen LogP contribution in [0.25, 0.3) is 0 Å². The zero-order valence-corrected chi connectivity index (χ0v) is 11.4. The van der Waals surface area contributed by atoms with E-state index < -0.39 is 22.8 Å². The van der Waals surface area contributed by atoms with E-state index >= 15 is 0 Å². The molecule has 2 N–H and O–H groups in total. The second-order valence-corrected chi connectivity index (χ2v) is 6.75. The second-order valence-electron chi connectivity index (χ2n) is 5.57. The van der Waals surface area contributed by atoms with Gasteiger partial charge in [0.05, 0.1) is 10.8 Å². The molecule has 0 aromatic heterocycles. The molecular formula is C14H14O4S. The lowest BCUT2D eigenvalue weighted by Crippen LogP contribution is -2.68. The van der Waals surface area contributed by atoms with Gasteiger partial charge in [-0.3, -0.25) is 9.59 Å². The van der Waals surface area contributed by atoms with Crippen molar-refractivity contribution in [2.45, 2.75) is 29.9 Å². The molecule has 0 amide bonds. The van der Waals surface area contributed by atoms with E-state index in [1.807, 2.05) is 24.3 Å². The Morgan fingerprint density at radius 2 is 1.68 bits per heavy atom. The van der Waals surface area contributed by atoms with Crippen LogP contribution < -0.4 is 0 Å². The number of aliphatic carboxylic acids is 2. The summed E-state index contributed by atoms with van der Waals surface area (Å²) >= 11 is 1.50. The first kappa shape index (κ1) is 12.5. The summed E-state index contributed by atoms with van der Waals surface area (Å²) in [6.07, 6.45) is 0. The normalized spacial score (nSPS) is 39.1. The van der Waals surface area contributed by atoms with E-state index in [4.69, 9.17) is 0 Å². The molecule has 0 saturated heterocycles. The highest BCUT2D eigenvalue weighted by Crippen LogP contribution is 2.73. The standard InChI is InChI=1S/C14H14O4S/c1-13(11(15)16)9-7-5-3-4-6-8(7)19-10(9)14(13,2)12(17)18/h3-6,9-10H,1-2H3,(H,15,16)(H,17,18). The first-order valence-corrected chi connectivity index (χ1v) is 6.95. The summed E-state index contributed by atoms with van der Waals surface area (Å²) in [6.45, 7) is 3.12. The Balaban J connectivity index is 2.18. The number of benzene rings is 1. The first-order chi connectivity index (χ1) is 8.85. The molecule has 1 aliphatic heterocycles. The van der Waals surface area contributed by atoms with Crippen LogP contribution in [0, 0.1) is 10.8 Å². The van der Waals surface area contributed by atoms with E-state index in [2.05, 4.69) is 0 Å². The maximum atomic E-state index is 11.7. The van der Waals surface area contributed by atoms with Crippen molar-refractivity contribution in [1.82, 2.24) is 0 Å². The third-order valence-electron chi connectivity index (χ3n) is 4.97. The minimum atomic E-state index is -1.26. The average molecular weight is 278 g/mol. The van der Waals surface area contributed by atoms with E-state index in [9.17, 15) is 19.8 Å². The fraction of sp³-hybridized carbons (Fsp3) is 0.429. The second kappa shape index (κ2) is 3.54. The van der Waals surface area contributed by atoms with E-state index in [0.29, 0.717) is 0 Å². The highest BCUT2D eigenvalue weighted by Gasteiger charge is 2.77. The number of carboxylic acids is 2. The Kier molecular flexibility index (Phi) is 2.33. The Morgan fingerprint density at radius 1 is 1.11 bits per heavy atom. The summed E-state index contributed by atoms with van der Waals surface area (Å²) in [6, 6.07) is 7.62. The topological polar surface area (TPSA) is 74.6 Å². The van der Waals surface area contributed by atoms with Crippen LogP contribution in [0.5, 0.6) is 0 Å². The van der Waals surface area contributed by atoms with E-state index in [-0.39, 0.29) is 11.2 Å². The van der Waals surface area contributed by atoms with Gasteiger partial charge in [0.25, 0.3) is 0 Å². The Labute approximate surface area is 114 Å². The van der Waals surface area contributed by atoms with Crippen LogP contribution in [0.1, 0.15) is 25.3 Å². The molecule has 5 heteroatoms. The molecule has 1 saturated carbocycles. The first-order valence-electron chi connectivity index (χ1n) is 6.07. The summed E-state index contributed by atoms with van der Waals surface area (Å²) in [4.78, 5) is 24.4. The minimum Gasteiger partial charge on any atom is -0.481 e. The maximum Gasteiger partial charge on any atom is 0.311 e. The average Bonchev–Trinajstić information content (AvgIpc) is 2.73. The molecule has 1 aliphatic carbocycles. The minimum absolute atomic E-state index is 0.205. The molecule has 4 unspecified atom stereocenters. The van der Waals surface area contributed by atoms with Crippen LogP contribution in [0.4, 0.5) is 0 Å². The van der Waals surface area contributed by atoms with Crippen molar-refractivity contribution in [2.75, 3.05) is 0 Å². The number of hydrogen-bond donors (Lipinski definition) is 2. The largest absolute Gasteiger partial charge is 0.481 e. The summed E-state index contributed by atoms with van der Waals surface area (Å²) in [7, 11) is 0. The zero-order valence-electron chi connectivity index (χ0n) is 10.6. The quantitative estimate of drug-likeness (QED) is 0.869. The molecule has 0 spiro atoms. The number of carboxylic acid groups (broad SMARTS) is 2. The molecule has 1 aromatic rings. The molecule has 4 atom stereocenters. The van der Waals surface area contributed by atoms with Crippen molar-refractivity contribution in [3.63, 3.8) is 0 Å². The monoisotopic (exact) mass is 278 g/mol. The lowest BCUT2D eigenvalue weighted by Gasteiger charge is -2.59.